The number of nitrogens with zero attached hydrogens (tertiary/aromatic N) is 4. The van der Waals surface area contributed by atoms with Gasteiger partial charge in [-0.25, -0.2) is 0 Å². The van der Waals surface area contributed by atoms with Crippen molar-refractivity contribution in [2.24, 2.45) is 5.92 Å². The quantitative estimate of drug-likeness (QED) is 0.805. The average molecular weight is 377 g/mol. The second-order valence-corrected chi connectivity index (χ2v) is 8.15. The molecule has 1 aromatic heterocycles. The Bertz CT molecular complexity index is 657. The van der Waals surface area contributed by atoms with Crippen LogP contribution < -0.4 is 0 Å². The second-order valence-electron chi connectivity index (χ2n) is 8.15. The van der Waals surface area contributed by atoms with Gasteiger partial charge in [0.15, 0.2) is 0 Å². The Morgan fingerprint density at radius 1 is 1.11 bits per heavy atom. The number of aryl methyl sites for hydroxylation is 2. The fourth-order valence-electron chi connectivity index (χ4n) is 4.50. The van der Waals surface area contributed by atoms with Crippen LogP contribution in [0.3, 0.4) is 0 Å². The van der Waals surface area contributed by atoms with E-state index >= 15 is 0 Å². The van der Waals surface area contributed by atoms with Crippen LogP contribution >= 0.6 is 0 Å². The fraction of sp³-hybridized carbons (Fsp3) is 0.750. The molecule has 1 aromatic rings. The molecular weight excluding hydrogens is 344 g/mol. The van der Waals surface area contributed by atoms with E-state index in [1.165, 1.54) is 12.8 Å². The predicted octanol–water partition coefficient (Wildman–Crippen LogP) is 2.09. The van der Waals surface area contributed by atoms with Gasteiger partial charge in [-0.15, -0.1) is 0 Å². The van der Waals surface area contributed by atoms with Gasteiger partial charge in [-0.1, -0.05) is 11.6 Å². The van der Waals surface area contributed by atoms with Gasteiger partial charge in [0.1, 0.15) is 11.3 Å². The second kappa shape index (κ2) is 8.42. The highest BCUT2D eigenvalue weighted by molar-refractivity contribution is 5.96. The fourth-order valence-corrected chi connectivity index (χ4v) is 4.50. The number of hydrogen-bond acceptors (Lipinski definition) is 5. The average Bonchev–Trinajstić information content (AvgIpc) is 3.00. The molecule has 0 saturated carbocycles. The molecule has 2 aliphatic heterocycles. The zero-order valence-electron chi connectivity index (χ0n) is 17.0. The van der Waals surface area contributed by atoms with Crippen LogP contribution in [0.5, 0.6) is 0 Å². The number of likely N-dealkylation sites (tertiary alicyclic amines) is 2. The molecule has 0 unspecified atom stereocenters. The third-order valence-corrected chi connectivity index (χ3v) is 6.12. The third kappa shape index (κ3) is 4.34. The Morgan fingerprint density at radius 3 is 2.41 bits per heavy atom. The van der Waals surface area contributed by atoms with Gasteiger partial charge >= 0.3 is 0 Å². The molecule has 7 nitrogen and oxygen atoms in total. The number of hydrogen-bond donors (Lipinski definition) is 0. The van der Waals surface area contributed by atoms with Crippen molar-refractivity contribution in [1.82, 2.24) is 19.9 Å². The van der Waals surface area contributed by atoms with Gasteiger partial charge in [-0.05, 0) is 52.0 Å². The lowest BCUT2D eigenvalue weighted by molar-refractivity contribution is -0.131. The van der Waals surface area contributed by atoms with E-state index in [4.69, 9.17) is 4.52 Å². The van der Waals surface area contributed by atoms with Crippen molar-refractivity contribution >= 4 is 11.8 Å². The van der Waals surface area contributed by atoms with E-state index in [2.05, 4.69) is 10.1 Å². The Kier molecular flexibility index (Phi) is 6.19. The summed E-state index contributed by atoms with van der Waals surface area (Å²) in [5.41, 5.74) is 1.28. The van der Waals surface area contributed by atoms with E-state index in [0.29, 0.717) is 35.5 Å². The number of rotatable bonds is 4. The highest BCUT2D eigenvalue weighted by Crippen LogP contribution is 2.31. The Labute approximate surface area is 161 Å². The van der Waals surface area contributed by atoms with E-state index in [1.54, 1.807) is 11.8 Å². The molecule has 2 amide bonds. The van der Waals surface area contributed by atoms with Gasteiger partial charge in [-0.2, -0.15) is 0 Å². The smallest absolute Gasteiger partial charge is 0.259 e. The van der Waals surface area contributed by atoms with E-state index < -0.39 is 0 Å². The van der Waals surface area contributed by atoms with Crippen LogP contribution in [-0.4, -0.2) is 78.0 Å². The monoisotopic (exact) mass is 376 g/mol. The highest BCUT2D eigenvalue weighted by atomic mass is 16.5. The van der Waals surface area contributed by atoms with Gasteiger partial charge in [0, 0.05) is 33.2 Å². The van der Waals surface area contributed by atoms with Gasteiger partial charge in [0.2, 0.25) is 5.91 Å². The third-order valence-electron chi connectivity index (χ3n) is 6.12. The van der Waals surface area contributed by atoms with Crippen molar-refractivity contribution in [1.29, 1.82) is 0 Å². The van der Waals surface area contributed by atoms with Crippen LogP contribution in [0.2, 0.25) is 0 Å². The summed E-state index contributed by atoms with van der Waals surface area (Å²) in [4.78, 5) is 31.0. The maximum atomic E-state index is 12.8. The number of likely N-dealkylation sites (N-methyl/N-ethyl adjacent to an activating group) is 1. The first kappa shape index (κ1) is 19.9. The van der Waals surface area contributed by atoms with Crippen LogP contribution in [0.25, 0.3) is 0 Å². The summed E-state index contributed by atoms with van der Waals surface area (Å²) in [6, 6.07) is 0.457. The molecule has 0 aromatic carbocycles. The number of aromatic nitrogens is 1. The first-order chi connectivity index (χ1) is 12.9. The Morgan fingerprint density at radius 2 is 1.81 bits per heavy atom. The summed E-state index contributed by atoms with van der Waals surface area (Å²) in [7, 11) is 3.64. The number of amides is 2. The van der Waals surface area contributed by atoms with Crippen molar-refractivity contribution in [3.05, 3.63) is 17.0 Å². The van der Waals surface area contributed by atoms with Gasteiger partial charge in [0.25, 0.3) is 5.91 Å². The van der Waals surface area contributed by atoms with Crippen LogP contribution in [0.1, 0.15) is 53.9 Å². The van der Waals surface area contributed by atoms with E-state index in [-0.39, 0.29) is 11.8 Å². The van der Waals surface area contributed by atoms with Gasteiger partial charge in [-0.3, -0.25) is 14.5 Å². The molecule has 27 heavy (non-hydrogen) atoms. The zero-order chi connectivity index (χ0) is 19.6. The van der Waals surface area contributed by atoms with E-state index in [9.17, 15) is 9.59 Å². The molecule has 3 rings (SSSR count). The highest BCUT2D eigenvalue weighted by Gasteiger charge is 2.35. The summed E-state index contributed by atoms with van der Waals surface area (Å²) >= 11 is 0. The zero-order valence-corrected chi connectivity index (χ0v) is 17.0. The minimum atomic E-state index is 0.0352. The lowest BCUT2D eigenvalue weighted by atomic mass is 9.83. The van der Waals surface area contributed by atoms with Crippen molar-refractivity contribution in [2.45, 2.75) is 52.0 Å². The molecule has 7 heteroatoms. The molecular formula is C20H32N4O3. The molecule has 3 heterocycles. The maximum Gasteiger partial charge on any atom is 0.259 e. The van der Waals surface area contributed by atoms with E-state index in [1.807, 2.05) is 25.9 Å². The van der Waals surface area contributed by atoms with Gasteiger partial charge < -0.3 is 14.3 Å². The summed E-state index contributed by atoms with van der Waals surface area (Å²) in [6.45, 7) is 6.65. The normalized spacial score (nSPS) is 22.1. The van der Waals surface area contributed by atoms with Crippen LogP contribution in [-0.2, 0) is 4.79 Å². The lowest BCUT2D eigenvalue weighted by Gasteiger charge is -2.43. The lowest BCUT2D eigenvalue weighted by Crippen LogP contribution is -2.51. The van der Waals surface area contributed by atoms with Crippen LogP contribution in [0, 0.1) is 19.8 Å². The molecule has 1 atom stereocenters. The first-order valence-electron chi connectivity index (χ1n) is 10.0. The summed E-state index contributed by atoms with van der Waals surface area (Å²) < 4.78 is 5.15. The molecule has 0 aliphatic carbocycles. The SMILES string of the molecule is Cc1noc(C)c1C(=O)N1CCC([C@@H]2CCCCN2CC(=O)N(C)C)CC1. The predicted molar refractivity (Wildman–Crippen MR) is 103 cm³/mol. The molecule has 150 valence electrons. The molecule has 2 fully saturated rings. The van der Waals surface area contributed by atoms with Crippen LogP contribution in [0.4, 0.5) is 0 Å². The summed E-state index contributed by atoms with van der Waals surface area (Å²) in [6.07, 6.45) is 5.54. The van der Waals surface area contributed by atoms with Crippen molar-refractivity contribution in [2.75, 3.05) is 40.3 Å². The molecule has 0 spiro atoms. The summed E-state index contributed by atoms with van der Waals surface area (Å²) in [5.74, 6) is 1.36. The standard InChI is InChI=1S/C20H32N4O3/c1-14-19(15(2)27-21-14)20(26)23-11-8-16(9-12-23)17-7-5-6-10-24(17)13-18(25)22(3)4/h16-17H,5-13H2,1-4H3/t17-/m0/s1. The molecule has 0 N–H and O–H groups in total. The first-order valence-corrected chi connectivity index (χ1v) is 10.0. The molecule has 2 aliphatic rings. The maximum absolute atomic E-state index is 12.8. The Hall–Kier alpha value is -1.89. The number of carbonyl (C=O) groups is 2. The minimum Gasteiger partial charge on any atom is -0.361 e. The largest absolute Gasteiger partial charge is 0.361 e. The molecule has 2 saturated heterocycles. The number of piperidine rings is 2. The van der Waals surface area contributed by atoms with E-state index in [0.717, 1.165) is 38.9 Å². The summed E-state index contributed by atoms with van der Waals surface area (Å²) in [5, 5.41) is 3.91. The van der Waals surface area contributed by atoms with Crippen molar-refractivity contribution < 1.29 is 14.1 Å². The van der Waals surface area contributed by atoms with Crippen molar-refractivity contribution in [3.63, 3.8) is 0 Å². The molecule has 0 radical (unpaired) electrons. The topological polar surface area (TPSA) is 69.9 Å². The molecule has 0 bridgehead atoms. The van der Waals surface area contributed by atoms with Crippen LogP contribution in [0.15, 0.2) is 4.52 Å². The number of carbonyl (C=O) groups excluding carboxylic acids is 2. The Balaban J connectivity index is 1.60. The minimum absolute atomic E-state index is 0.0352. The van der Waals surface area contributed by atoms with Gasteiger partial charge in [0.05, 0.1) is 12.2 Å². The van der Waals surface area contributed by atoms with Crippen molar-refractivity contribution in [3.8, 4) is 0 Å².